The highest BCUT2D eigenvalue weighted by molar-refractivity contribution is 5.72. The summed E-state index contributed by atoms with van der Waals surface area (Å²) in [4.78, 5) is 27.3. The molecular weight excluding hydrogens is 260 g/mol. The van der Waals surface area contributed by atoms with Crippen molar-refractivity contribution < 1.29 is 19.1 Å². The van der Waals surface area contributed by atoms with Gasteiger partial charge < -0.3 is 14.4 Å². The second-order valence-corrected chi connectivity index (χ2v) is 6.45. The predicted molar refractivity (Wildman–Crippen MR) is 73.5 cm³/mol. The molecule has 2 unspecified atom stereocenters. The molecule has 3 aliphatic heterocycles. The zero-order chi connectivity index (χ0) is 14.9. The molecule has 2 atom stereocenters. The number of hydrogen-bond donors (Lipinski definition) is 0. The molecule has 0 saturated carbocycles. The second-order valence-electron chi connectivity index (χ2n) is 6.45. The van der Waals surface area contributed by atoms with Gasteiger partial charge >= 0.3 is 12.2 Å². The van der Waals surface area contributed by atoms with Crippen molar-refractivity contribution in [3.8, 4) is 0 Å². The molecule has 6 heteroatoms. The first-order valence-electron chi connectivity index (χ1n) is 7.25. The van der Waals surface area contributed by atoms with Crippen LogP contribution < -0.4 is 0 Å². The molecule has 3 rings (SSSR count). The number of nitrogens with zero attached hydrogens (tertiary/aromatic N) is 2. The first-order valence-corrected chi connectivity index (χ1v) is 7.25. The van der Waals surface area contributed by atoms with Gasteiger partial charge in [-0.1, -0.05) is 6.92 Å². The summed E-state index contributed by atoms with van der Waals surface area (Å²) in [7, 11) is 0. The van der Waals surface area contributed by atoms with E-state index in [9.17, 15) is 9.59 Å². The molecule has 3 aliphatic rings. The van der Waals surface area contributed by atoms with Gasteiger partial charge in [-0.05, 0) is 33.6 Å². The second kappa shape index (κ2) is 5.50. The zero-order valence-corrected chi connectivity index (χ0v) is 12.7. The van der Waals surface area contributed by atoms with Crippen molar-refractivity contribution in [1.82, 2.24) is 9.80 Å². The highest BCUT2D eigenvalue weighted by Gasteiger charge is 2.50. The van der Waals surface area contributed by atoms with Gasteiger partial charge in [0.05, 0.1) is 18.7 Å². The minimum absolute atomic E-state index is 0.0674. The largest absolute Gasteiger partial charge is 0.449 e. The van der Waals surface area contributed by atoms with Gasteiger partial charge in [0, 0.05) is 13.1 Å². The summed E-state index contributed by atoms with van der Waals surface area (Å²) < 4.78 is 10.5. The lowest BCUT2D eigenvalue weighted by molar-refractivity contribution is -0.0730. The molecule has 0 N–H and O–H groups in total. The minimum atomic E-state index is -0.485. The Morgan fingerprint density at radius 1 is 1.15 bits per heavy atom. The smallest absolute Gasteiger partial charge is 0.410 e. The summed E-state index contributed by atoms with van der Waals surface area (Å²) >= 11 is 0. The van der Waals surface area contributed by atoms with Gasteiger partial charge in [0.2, 0.25) is 0 Å². The molecule has 2 amide bonds. The maximum absolute atomic E-state index is 12.1. The monoisotopic (exact) mass is 284 g/mol. The maximum atomic E-state index is 12.1. The molecule has 0 aromatic rings. The van der Waals surface area contributed by atoms with Crippen molar-refractivity contribution in [2.24, 2.45) is 0 Å². The lowest BCUT2D eigenvalue weighted by Gasteiger charge is -2.55. The van der Waals surface area contributed by atoms with Gasteiger partial charge in [-0.3, -0.25) is 4.90 Å². The van der Waals surface area contributed by atoms with Crippen LogP contribution in [-0.4, -0.2) is 59.4 Å². The van der Waals surface area contributed by atoms with E-state index >= 15 is 0 Å². The van der Waals surface area contributed by atoms with Gasteiger partial charge in [0.15, 0.2) is 0 Å². The summed E-state index contributed by atoms with van der Waals surface area (Å²) in [5.74, 6) is 0. The molecule has 2 bridgehead atoms. The van der Waals surface area contributed by atoms with Crippen molar-refractivity contribution in [1.29, 1.82) is 0 Å². The number of rotatable bonds is 2. The van der Waals surface area contributed by atoms with Crippen LogP contribution in [0.1, 0.15) is 40.5 Å². The highest BCUT2D eigenvalue weighted by atomic mass is 16.6. The SMILES string of the molecule is CCCOC(=O)N1CC2CC(C1)N2C(=O)OC(C)(C)C. The van der Waals surface area contributed by atoms with Gasteiger partial charge in [0.25, 0.3) is 0 Å². The van der Waals surface area contributed by atoms with Gasteiger partial charge in [-0.25, -0.2) is 9.59 Å². The summed E-state index contributed by atoms with van der Waals surface area (Å²) in [6, 6.07) is 0.135. The Hall–Kier alpha value is -1.46. The fraction of sp³-hybridized carbons (Fsp3) is 0.857. The Morgan fingerprint density at radius 3 is 2.25 bits per heavy atom. The van der Waals surface area contributed by atoms with Gasteiger partial charge in [-0.2, -0.15) is 0 Å². The molecular formula is C14H24N2O4. The van der Waals surface area contributed by atoms with Crippen LogP contribution in [0.3, 0.4) is 0 Å². The van der Waals surface area contributed by atoms with E-state index in [1.54, 1.807) is 9.80 Å². The Bertz CT molecular complexity index is 379. The van der Waals surface area contributed by atoms with Crippen molar-refractivity contribution in [3.63, 3.8) is 0 Å². The lowest BCUT2D eigenvalue weighted by Crippen LogP contribution is -2.71. The van der Waals surface area contributed by atoms with E-state index in [-0.39, 0.29) is 24.3 Å². The topological polar surface area (TPSA) is 59.1 Å². The minimum Gasteiger partial charge on any atom is -0.449 e. The van der Waals surface area contributed by atoms with E-state index in [2.05, 4.69) is 0 Å². The van der Waals surface area contributed by atoms with Crippen molar-refractivity contribution in [2.45, 2.75) is 58.2 Å². The number of piperazine rings is 1. The lowest BCUT2D eigenvalue weighted by atomic mass is 9.88. The maximum Gasteiger partial charge on any atom is 0.410 e. The standard InChI is InChI=1S/C14H24N2O4/c1-5-6-19-12(17)15-8-10-7-11(9-15)16(10)13(18)20-14(2,3)4/h10-11H,5-9H2,1-4H3. The number of carbonyl (C=O) groups excluding carboxylic acids is 2. The number of amides is 2. The highest BCUT2D eigenvalue weighted by Crippen LogP contribution is 2.33. The van der Waals surface area contributed by atoms with Crippen molar-refractivity contribution in [2.75, 3.05) is 19.7 Å². The molecule has 0 spiro atoms. The molecule has 0 aromatic heterocycles. The van der Waals surface area contributed by atoms with Crippen LogP contribution in [0.2, 0.25) is 0 Å². The summed E-state index contributed by atoms with van der Waals surface area (Å²) in [5, 5.41) is 0. The van der Waals surface area contributed by atoms with Crippen molar-refractivity contribution in [3.05, 3.63) is 0 Å². The third-order valence-electron chi connectivity index (χ3n) is 3.49. The van der Waals surface area contributed by atoms with Crippen LogP contribution in [0.4, 0.5) is 9.59 Å². The molecule has 6 nitrogen and oxygen atoms in total. The number of piperidine rings is 1. The van der Waals surface area contributed by atoms with E-state index in [1.807, 2.05) is 27.7 Å². The van der Waals surface area contributed by atoms with Crippen molar-refractivity contribution >= 4 is 12.2 Å². The Balaban J connectivity index is 1.86. The normalized spacial score (nSPS) is 25.0. The molecule has 0 aromatic carbocycles. The van der Waals surface area contributed by atoms with Crippen LogP contribution >= 0.6 is 0 Å². The number of ether oxygens (including phenoxy) is 2. The van der Waals surface area contributed by atoms with Gasteiger partial charge in [0.1, 0.15) is 5.60 Å². The van der Waals surface area contributed by atoms with Gasteiger partial charge in [-0.15, -0.1) is 0 Å². The Morgan fingerprint density at radius 2 is 1.75 bits per heavy atom. The number of fused-ring (bicyclic) bond motifs is 2. The molecule has 114 valence electrons. The molecule has 3 saturated heterocycles. The molecule has 3 fully saturated rings. The van der Waals surface area contributed by atoms with E-state index in [1.165, 1.54) is 0 Å². The van der Waals surface area contributed by atoms with E-state index in [0.29, 0.717) is 19.7 Å². The summed E-state index contributed by atoms with van der Waals surface area (Å²) in [5.41, 5.74) is -0.485. The molecule has 20 heavy (non-hydrogen) atoms. The average Bonchev–Trinajstić information content (AvgIpc) is 2.33. The van der Waals surface area contributed by atoms with Crippen LogP contribution in [0, 0.1) is 0 Å². The van der Waals surface area contributed by atoms with E-state index in [4.69, 9.17) is 9.47 Å². The predicted octanol–water partition coefficient (Wildman–Crippen LogP) is 2.23. The van der Waals surface area contributed by atoms with Crippen LogP contribution in [0.15, 0.2) is 0 Å². The Kier molecular flexibility index (Phi) is 4.11. The Labute approximate surface area is 120 Å². The first-order chi connectivity index (χ1) is 9.31. The third kappa shape index (κ3) is 3.16. The zero-order valence-electron chi connectivity index (χ0n) is 12.7. The average molecular weight is 284 g/mol. The fourth-order valence-corrected chi connectivity index (χ4v) is 2.65. The molecule has 0 radical (unpaired) electrons. The third-order valence-corrected chi connectivity index (χ3v) is 3.49. The van der Waals surface area contributed by atoms with Crippen LogP contribution in [-0.2, 0) is 9.47 Å². The van der Waals surface area contributed by atoms with E-state index in [0.717, 1.165) is 12.8 Å². The summed E-state index contributed by atoms with van der Waals surface area (Å²) in [6.45, 7) is 9.06. The van der Waals surface area contributed by atoms with Crippen LogP contribution in [0.5, 0.6) is 0 Å². The quantitative estimate of drug-likeness (QED) is 0.780. The first kappa shape index (κ1) is 14.9. The molecule has 3 heterocycles. The van der Waals surface area contributed by atoms with Crippen LogP contribution in [0.25, 0.3) is 0 Å². The number of carbonyl (C=O) groups is 2. The fourth-order valence-electron chi connectivity index (χ4n) is 2.65. The number of hydrogen-bond acceptors (Lipinski definition) is 4. The summed E-state index contributed by atoms with van der Waals surface area (Å²) in [6.07, 6.45) is 1.21. The van der Waals surface area contributed by atoms with E-state index < -0.39 is 5.60 Å². The molecule has 0 aliphatic carbocycles.